The van der Waals surface area contributed by atoms with Crippen LogP contribution in [0.3, 0.4) is 0 Å². The molecule has 1 atom stereocenters. The summed E-state index contributed by atoms with van der Waals surface area (Å²) in [5, 5.41) is 0. The van der Waals surface area contributed by atoms with Gasteiger partial charge in [-0.05, 0) is 68.0 Å². The molecule has 2 aromatic rings. The van der Waals surface area contributed by atoms with Gasteiger partial charge < -0.3 is 14.5 Å². The molecule has 0 unspecified atom stereocenters. The Hall–Kier alpha value is -3.09. The number of aromatic nitrogens is 1. The van der Waals surface area contributed by atoms with Gasteiger partial charge in [-0.1, -0.05) is 6.07 Å². The molecule has 3 fully saturated rings. The molecular formula is C24H28N4O3. The first kappa shape index (κ1) is 19.8. The molecule has 162 valence electrons. The number of carbonyl (C=O) groups is 2. The first-order valence-corrected chi connectivity index (χ1v) is 11.1. The topological polar surface area (TPSA) is 66.0 Å². The summed E-state index contributed by atoms with van der Waals surface area (Å²) in [6.45, 7) is 7.35. The molecule has 0 bridgehead atoms. The van der Waals surface area contributed by atoms with Crippen LogP contribution in [0.5, 0.6) is 0 Å². The van der Waals surface area contributed by atoms with Crippen molar-refractivity contribution in [3.8, 4) is 0 Å². The number of hydrogen-bond acceptors (Lipinski definition) is 5. The molecule has 5 rings (SSSR count). The first-order valence-electron chi connectivity index (χ1n) is 11.1. The third-order valence-electron chi connectivity index (χ3n) is 6.46. The fraction of sp³-hybridized carbons (Fsp3) is 0.458. The maximum atomic E-state index is 13.0. The third kappa shape index (κ3) is 3.84. The second-order valence-electron chi connectivity index (χ2n) is 8.81. The van der Waals surface area contributed by atoms with Gasteiger partial charge in [-0.3, -0.25) is 9.69 Å². The third-order valence-corrected chi connectivity index (χ3v) is 6.46. The zero-order valence-electron chi connectivity index (χ0n) is 18.1. The van der Waals surface area contributed by atoms with E-state index in [2.05, 4.69) is 17.9 Å². The van der Waals surface area contributed by atoms with E-state index in [0.717, 1.165) is 24.6 Å². The summed E-state index contributed by atoms with van der Waals surface area (Å²) >= 11 is 0. The molecule has 0 N–H and O–H groups in total. The van der Waals surface area contributed by atoms with Crippen LogP contribution >= 0.6 is 0 Å². The number of amides is 2. The number of rotatable bonds is 4. The average molecular weight is 421 g/mol. The molecule has 7 nitrogen and oxygen atoms in total. The maximum absolute atomic E-state index is 13.0. The van der Waals surface area contributed by atoms with Gasteiger partial charge in [-0.15, -0.1) is 0 Å². The van der Waals surface area contributed by atoms with Crippen LogP contribution in [-0.4, -0.2) is 60.7 Å². The lowest BCUT2D eigenvalue weighted by Crippen LogP contribution is -2.49. The minimum absolute atomic E-state index is 0.00228. The summed E-state index contributed by atoms with van der Waals surface area (Å²) in [6.07, 6.45) is 4.25. The highest BCUT2D eigenvalue weighted by Gasteiger charge is 2.31. The van der Waals surface area contributed by atoms with Gasteiger partial charge in [0, 0.05) is 43.6 Å². The number of benzene rings is 1. The largest absolute Gasteiger partial charge is 0.447 e. The van der Waals surface area contributed by atoms with Crippen molar-refractivity contribution in [2.75, 3.05) is 42.6 Å². The minimum Gasteiger partial charge on any atom is -0.447 e. The van der Waals surface area contributed by atoms with Crippen molar-refractivity contribution in [3.05, 3.63) is 53.2 Å². The summed E-state index contributed by atoms with van der Waals surface area (Å²) in [7, 11) is 0. The Balaban J connectivity index is 1.21. The second-order valence-corrected chi connectivity index (χ2v) is 8.81. The first-order chi connectivity index (χ1) is 15.0. The molecule has 2 aliphatic heterocycles. The Labute approximate surface area is 182 Å². The van der Waals surface area contributed by atoms with E-state index in [0.29, 0.717) is 31.2 Å². The Morgan fingerprint density at radius 3 is 2.39 bits per heavy atom. The Morgan fingerprint density at radius 1 is 1.10 bits per heavy atom. The Morgan fingerprint density at radius 2 is 1.81 bits per heavy atom. The zero-order chi connectivity index (χ0) is 21.5. The summed E-state index contributed by atoms with van der Waals surface area (Å²) < 4.78 is 5.08. The highest BCUT2D eigenvalue weighted by molar-refractivity contribution is 5.96. The van der Waals surface area contributed by atoms with Crippen molar-refractivity contribution in [2.45, 2.75) is 38.6 Å². The molecule has 0 spiro atoms. The number of aryl methyl sites for hydroxylation is 1. The van der Waals surface area contributed by atoms with E-state index < -0.39 is 0 Å². The molecule has 31 heavy (non-hydrogen) atoms. The SMILES string of the molecule is Cc1cc(C2CC2)cnc1N1CCN(C(=O)c2ccc(N3C(=O)OC[C@H]3C)cc2)CC1. The maximum Gasteiger partial charge on any atom is 0.414 e. The molecule has 1 aromatic carbocycles. The van der Waals surface area contributed by atoms with E-state index in [9.17, 15) is 9.59 Å². The minimum atomic E-state index is -0.336. The quantitative estimate of drug-likeness (QED) is 0.757. The standard InChI is InChI=1S/C24H28N4O3/c1-16-13-20(18-3-4-18)14-25-22(16)26-9-11-27(12-10-26)23(29)19-5-7-21(8-6-19)28-17(2)15-31-24(28)30/h5-8,13-14,17-18H,3-4,9-12,15H2,1-2H3/t17-/m1/s1. The summed E-state index contributed by atoms with van der Waals surface area (Å²) in [5.74, 6) is 1.77. The van der Waals surface area contributed by atoms with Crippen LogP contribution in [0, 0.1) is 6.92 Å². The van der Waals surface area contributed by atoms with Gasteiger partial charge in [0.05, 0.1) is 6.04 Å². The van der Waals surface area contributed by atoms with E-state index in [1.54, 1.807) is 17.0 Å². The van der Waals surface area contributed by atoms with E-state index >= 15 is 0 Å². The molecule has 3 heterocycles. The number of anilines is 2. The number of cyclic esters (lactones) is 1. The highest BCUT2D eigenvalue weighted by Crippen LogP contribution is 2.40. The number of nitrogens with zero attached hydrogens (tertiary/aromatic N) is 4. The summed E-state index contributed by atoms with van der Waals surface area (Å²) in [4.78, 5) is 35.4. The van der Waals surface area contributed by atoms with Gasteiger partial charge >= 0.3 is 6.09 Å². The van der Waals surface area contributed by atoms with Crippen molar-refractivity contribution >= 4 is 23.5 Å². The van der Waals surface area contributed by atoms with E-state index in [-0.39, 0.29) is 18.0 Å². The van der Waals surface area contributed by atoms with Crippen molar-refractivity contribution in [3.63, 3.8) is 0 Å². The smallest absolute Gasteiger partial charge is 0.414 e. The lowest BCUT2D eigenvalue weighted by atomic mass is 10.1. The van der Waals surface area contributed by atoms with E-state index in [1.165, 1.54) is 24.0 Å². The molecule has 7 heteroatoms. The predicted molar refractivity (Wildman–Crippen MR) is 119 cm³/mol. The summed E-state index contributed by atoms with van der Waals surface area (Å²) in [6, 6.07) is 9.51. The highest BCUT2D eigenvalue weighted by atomic mass is 16.6. The van der Waals surface area contributed by atoms with Crippen LogP contribution in [0.2, 0.25) is 0 Å². The molecule has 0 radical (unpaired) electrons. The molecule has 1 saturated carbocycles. The van der Waals surface area contributed by atoms with E-state index in [1.807, 2.05) is 30.2 Å². The summed E-state index contributed by atoms with van der Waals surface area (Å²) in [5.41, 5.74) is 3.97. The number of hydrogen-bond donors (Lipinski definition) is 0. The normalized spacial score (nSPS) is 21.4. The monoisotopic (exact) mass is 420 g/mol. The molecular weight excluding hydrogens is 392 g/mol. The number of pyridine rings is 1. The van der Waals surface area contributed by atoms with Gasteiger partial charge in [0.15, 0.2) is 0 Å². The van der Waals surface area contributed by atoms with Crippen molar-refractivity contribution in [1.29, 1.82) is 0 Å². The van der Waals surface area contributed by atoms with Crippen LogP contribution in [0.4, 0.5) is 16.3 Å². The lowest BCUT2D eigenvalue weighted by Gasteiger charge is -2.36. The van der Waals surface area contributed by atoms with Gasteiger partial charge in [-0.2, -0.15) is 0 Å². The second kappa shape index (κ2) is 7.87. The average Bonchev–Trinajstić information content (AvgIpc) is 3.58. The van der Waals surface area contributed by atoms with E-state index in [4.69, 9.17) is 9.72 Å². The fourth-order valence-corrected chi connectivity index (χ4v) is 4.50. The van der Waals surface area contributed by atoms with Crippen molar-refractivity contribution in [1.82, 2.24) is 9.88 Å². The molecule has 1 aromatic heterocycles. The van der Waals surface area contributed by atoms with Gasteiger partial charge in [-0.25, -0.2) is 9.78 Å². The Bertz CT molecular complexity index is 994. The number of carbonyl (C=O) groups excluding carboxylic acids is 2. The fourth-order valence-electron chi connectivity index (χ4n) is 4.50. The number of piperazine rings is 1. The molecule has 2 saturated heterocycles. The van der Waals surface area contributed by atoms with Crippen LogP contribution < -0.4 is 9.80 Å². The number of ether oxygens (including phenoxy) is 1. The van der Waals surface area contributed by atoms with Crippen LogP contribution in [0.15, 0.2) is 36.5 Å². The van der Waals surface area contributed by atoms with Crippen molar-refractivity contribution < 1.29 is 14.3 Å². The van der Waals surface area contributed by atoms with Crippen LogP contribution in [0.1, 0.15) is 47.2 Å². The van der Waals surface area contributed by atoms with Gasteiger partial charge in [0.1, 0.15) is 12.4 Å². The van der Waals surface area contributed by atoms with Gasteiger partial charge in [0.2, 0.25) is 0 Å². The molecule has 1 aliphatic carbocycles. The van der Waals surface area contributed by atoms with Crippen LogP contribution in [-0.2, 0) is 4.74 Å². The van der Waals surface area contributed by atoms with Gasteiger partial charge in [0.25, 0.3) is 5.91 Å². The Kier molecular flexibility index (Phi) is 5.04. The molecule has 2 amide bonds. The van der Waals surface area contributed by atoms with Crippen molar-refractivity contribution in [2.24, 2.45) is 0 Å². The molecule has 3 aliphatic rings. The predicted octanol–water partition coefficient (Wildman–Crippen LogP) is 3.57. The lowest BCUT2D eigenvalue weighted by molar-refractivity contribution is 0.0746. The van der Waals surface area contributed by atoms with Crippen LogP contribution in [0.25, 0.3) is 0 Å². The zero-order valence-corrected chi connectivity index (χ0v) is 18.1.